The number of rotatable bonds is 2. The number of ether oxygens (including phenoxy) is 1. The third-order valence-corrected chi connectivity index (χ3v) is 2.07. The SMILES string of the molecule is CCOC(=O)C#Cc1cc([N+](=O)[O-])ccc1Cl. The number of carbonyl (C=O) groups excluding carboxylic acids is 1. The Labute approximate surface area is 102 Å². The summed E-state index contributed by atoms with van der Waals surface area (Å²) in [6.07, 6.45) is 0. The number of carbonyl (C=O) groups is 1. The number of nitro benzene ring substituents is 1. The van der Waals surface area contributed by atoms with Crippen LogP contribution < -0.4 is 0 Å². The van der Waals surface area contributed by atoms with Crippen LogP contribution in [0.2, 0.25) is 5.02 Å². The molecule has 17 heavy (non-hydrogen) atoms. The van der Waals surface area contributed by atoms with E-state index < -0.39 is 10.9 Å². The fourth-order valence-corrected chi connectivity index (χ4v) is 1.17. The maximum absolute atomic E-state index is 11.0. The summed E-state index contributed by atoms with van der Waals surface area (Å²) < 4.78 is 4.59. The summed E-state index contributed by atoms with van der Waals surface area (Å²) in [7, 11) is 0. The molecule has 0 fully saturated rings. The smallest absolute Gasteiger partial charge is 0.384 e. The second-order valence-corrected chi connectivity index (χ2v) is 3.30. The first-order valence-corrected chi connectivity index (χ1v) is 5.05. The lowest BCUT2D eigenvalue weighted by molar-refractivity contribution is -0.384. The Bertz CT molecular complexity index is 516. The van der Waals surface area contributed by atoms with E-state index >= 15 is 0 Å². The summed E-state index contributed by atoms with van der Waals surface area (Å²) in [5.74, 6) is 3.92. The van der Waals surface area contributed by atoms with E-state index in [2.05, 4.69) is 16.6 Å². The van der Waals surface area contributed by atoms with Crippen molar-refractivity contribution in [1.29, 1.82) is 0 Å². The summed E-state index contributed by atoms with van der Waals surface area (Å²) in [6, 6.07) is 3.82. The zero-order valence-electron chi connectivity index (χ0n) is 8.90. The van der Waals surface area contributed by atoms with Crippen molar-refractivity contribution < 1.29 is 14.5 Å². The van der Waals surface area contributed by atoms with E-state index in [1.54, 1.807) is 6.92 Å². The van der Waals surface area contributed by atoms with Crippen LogP contribution in [0.3, 0.4) is 0 Å². The highest BCUT2D eigenvalue weighted by atomic mass is 35.5. The van der Waals surface area contributed by atoms with Gasteiger partial charge >= 0.3 is 5.97 Å². The minimum Gasteiger partial charge on any atom is -0.456 e. The lowest BCUT2D eigenvalue weighted by atomic mass is 10.2. The summed E-state index contributed by atoms with van der Waals surface area (Å²) in [4.78, 5) is 20.9. The Hall–Kier alpha value is -2.06. The third kappa shape index (κ3) is 3.78. The molecule has 1 rings (SSSR count). The van der Waals surface area contributed by atoms with Gasteiger partial charge < -0.3 is 4.74 Å². The molecule has 0 aliphatic rings. The molecule has 0 spiro atoms. The van der Waals surface area contributed by atoms with Gasteiger partial charge in [0.25, 0.3) is 5.69 Å². The van der Waals surface area contributed by atoms with Crippen LogP contribution >= 0.6 is 11.6 Å². The molecule has 0 amide bonds. The first kappa shape index (κ1) is 13.0. The number of esters is 1. The Morgan fingerprint density at radius 3 is 2.88 bits per heavy atom. The van der Waals surface area contributed by atoms with Gasteiger partial charge in [0.1, 0.15) is 0 Å². The molecule has 0 saturated heterocycles. The Kier molecular flexibility index (Phi) is 4.49. The number of halogens is 1. The normalized spacial score (nSPS) is 9.06. The molecule has 88 valence electrons. The lowest BCUT2D eigenvalue weighted by Crippen LogP contribution is -1.99. The molecule has 0 aromatic heterocycles. The summed E-state index contributed by atoms with van der Waals surface area (Å²) in [5, 5.41) is 10.8. The van der Waals surface area contributed by atoms with E-state index in [9.17, 15) is 14.9 Å². The maximum Gasteiger partial charge on any atom is 0.384 e. The van der Waals surface area contributed by atoms with E-state index in [0.29, 0.717) is 0 Å². The van der Waals surface area contributed by atoms with Crippen LogP contribution in [0.1, 0.15) is 12.5 Å². The molecule has 0 saturated carbocycles. The van der Waals surface area contributed by atoms with Crippen molar-refractivity contribution >= 4 is 23.3 Å². The molecule has 1 aromatic carbocycles. The van der Waals surface area contributed by atoms with Gasteiger partial charge in [0.2, 0.25) is 0 Å². The van der Waals surface area contributed by atoms with Crippen LogP contribution in [0.4, 0.5) is 5.69 Å². The highest BCUT2D eigenvalue weighted by Gasteiger charge is 2.08. The minimum atomic E-state index is -0.699. The molecule has 0 aliphatic heterocycles. The van der Waals surface area contributed by atoms with Crippen molar-refractivity contribution in [3.8, 4) is 11.8 Å². The average molecular weight is 254 g/mol. The second-order valence-electron chi connectivity index (χ2n) is 2.89. The Morgan fingerprint density at radius 1 is 1.59 bits per heavy atom. The standard InChI is InChI=1S/C11H8ClNO4/c1-2-17-11(14)6-3-8-7-9(13(15)16)4-5-10(8)12/h4-5,7H,2H2,1H3. The number of hydrogen-bond donors (Lipinski definition) is 0. The van der Waals surface area contributed by atoms with Crippen LogP contribution in [-0.2, 0) is 9.53 Å². The van der Waals surface area contributed by atoms with Crippen LogP contribution in [-0.4, -0.2) is 17.5 Å². The maximum atomic E-state index is 11.0. The van der Waals surface area contributed by atoms with Crippen molar-refractivity contribution in [2.75, 3.05) is 6.61 Å². The van der Waals surface area contributed by atoms with Crippen LogP contribution in [0.25, 0.3) is 0 Å². The van der Waals surface area contributed by atoms with Gasteiger partial charge in [-0.3, -0.25) is 10.1 Å². The summed E-state index contributed by atoms with van der Waals surface area (Å²) in [6.45, 7) is 1.87. The number of nitrogens with zero attached hydrogens (tertiary/aromatic N) is 1. The van der Waals surface area contributed by atoms with Gasteiger partial charge in [-0.25, -0.2) is 4.79 Å². The predicted molar refractivity (Wildman–Crippen MR) is 61.6 cm³/mol. The molecule has 0 atom stereocenters. The van der Waals surface area contributed by atoms with Crippen LogP contribution in [0.5, 0.6) is 0 Å². The Morgan fingerprint density at radius 2 is 2.29 bits per heavy atom. The first-order valence-electron chi connectivity index (χ1n) is 4.67. The van der Waals surface area contributed by atoms with Crippen molar-refractivity contribution in [2.24, 2.45) is 0 Å². The monoisotopic (exact) mass is 253 g/mol. The minimum absolute atomic E-state index is 0.137. The zero-order chi connectivity index (χ0) is 12.8. The summed E-state index contributed by atoms with van der Waals surface area (Å²) in [5.41, 5.74) is 0.0801. The number of non-ortho nitro benzene ring substituents is 1. The lowest BCUT2D eigenvalue weighted by Gasteiger charge is -1.96. The first-order chi connectivity index (χ1) is 8.04. The van der Waals surface area contributed by atoms with Crippen LogP contribution in [0.15, 0.2) is 18.2 Å². The molecular formula is C11H8ClNO4. The molecule has 0 radical (unpaired) electrons. The van der Waals surface area contributed by atoms with Crippen molar-refractivity contribution in [1.82, 2.24) is 0 Å². The van der Waals surface area contributed by atoms with E-state index in [1.807, 2.05) is 0 Å². The molecule has 0 N–H and O–H groups in total. The Balaban J connectivity index is 3.01. The van der Waals surface area contributed by atoms with Crippen molar-refractivity contribution in [2.45, 2.75) is 6.92 Å². The molecule has 0 aliphatic carbocycles. The van der Waals surface area contributed by atoms with E-state index in [4.69, 9.17) is 11.6 Å². The van der Waals surface area contributed by atoms with Gasteiger partial charge in [-0.05, 0) is 13.0 Å². The fourth-order valence-electron chi connectivity index (χ4n) is 1.01. The highest BCUT2D eigenvalue weighted by Crippen LogP contribution is 2.20. The number of nitro groups is 1. The van der Waals surface area contributed by atoms with E-state index in [-0.39, 0.29) is 22.9 Å². The molecule has 1 aromatic rings. The molecule has 0 unspecified atom stereocenters. The van der Waals surface area contributed by atoms with Crippen LogP contribution in [0, 0.1) is 22.0 Å². The fraction of sp³-hybridized carbons (Fsp3) is 0.182. The molecule has 0 heterocycles. The largest absolute Gasteiger partial charge is 0.456 e. The molecule has 0 bridgehead atoms. The average Bonchev–Trinajstić information content (AvgIpc) is 2.28. The molecular weight excluding hydrogens is 246 g/mol. The molecule has 5 nitrogen and oxygen atoms in total. The second kappa shape index (κ2) is 5.87. The van der Waals surface area contributed by atoms with Crippen molar-refractivity contribution in [3.63, 3.8) is 0 Å². The molecule has 6 heteroatoms. The van der Waals surface area contributed by atoms with Gasteiger partial charge in [0, 0.05) is 18.1 Å². The highest BCUT2D eigenvalue weighted by molar-refractivity contribution is 6.31. The quantitative estimate of drug-likeness (QED) is 0.350. The zero-order valence-corrected chi connectivity index (χ0v) is 9.65. The number of benzene rings is 1. The number of hydrogen-bond acceptors (Lipinski definition) is 4. The van der Waals surface area contributed by atoms with Gasteiger partial charge in [-0.2, -0.15) is 0 Å². The van der Waals surface area contributed by atoms with Gasteiger partial charge in [-0.1, -0.05) is 17.5 Å². The van der Waals surface area contributed by atoms with Gasteiger partial charge in [0.15, 0.2) is 0 Å². The van der Waals surface area contributed by atoms with Gasteiger partial charge in [-0.15, -0.1) is 0 Å². The van der Waals surface area contributed by atoms with E-state index in [1.165, 1.54) is 18.2 Å². The topological polar surface area (TPSA) is 69.4 Å². The van der Waals surface area contributed by atoms with E-state index in [0.717, 1.165) is 0 Å². The predicted octanol–water partition coefficient (Wildman–Crippen LogP) is 2.16. The van der Waals surface area contributed by atoms with Gasteiger partial charge in [0.05, 0.1) is 22.1 Å². The van der Waals surface area contributed by atoms with Crippen molar-refractivity contribution in [3.05, 3.63) is 38.9 Å². The third-order valence-electron chi connectivity index (χ3n) is 1.74. The summed E-state index contributed by atoms with van der Waals surface area (Å²) >= 11 is 5.78.